The van der Waals surface area contributed by atoms with Crippen LogP contribution in [0.2, 0.25) is 0 Å². The third-order valence-electron chi connectivity index (χ3n) is 5.27. The average Bonchev–Trinajstić information content (AvgIpc) is 2.84. The molecule has 2 aliphatic rings. The summed E-state index contributed by atoms with van der Waals surface area (Å²) < 4.78 is 0. The molecule has 1 atom stereocenters. The maximum atomic E-state index is 3.76. The van der Waals surface area contributed by atoms with E-state index in [0.29, 0.717) is 5.41 Å². The zero-order valence-electron chi connectivity index (χ0n) is 11.5. The van der Waals surface area contributed by atoms with Gasteiger partial charge in [0.15, 0.2) is 0 Å². The van der Waals surface area contributed by atoms with Crippen molar-refractivity contribution in [1.29, 1.82) is 0 Å². The van der Waals surface area contributed by atoms with Crippen molar-refractivity contribution in [3.63, 3.8) is 0 Å². The summed E-state index contributed by atoms with van der Waals surface area (Å²) in [5.41, 5.74) is 3.78. The smallest absolute Gasteiger partial charge is 0.00236 e. The van der Waals surface area contributed by atoms with Crippen molar-refractivity contribution in [2.75, 3.05) is 13.1 Å². The van der Waals surface area contributed by atoms with Crippen molar-refractivity contribution in [2.45, 2.75) is 51.4 Å². The molecule has 1 saturated carbocycles. The summed E-state index contributed by atoms with van der Waals surface area (Å²) in [6.45, 7) is 4.78. The Hall–Kier alpha value is -0.820. The summed E-state index contributed by atoms with van der Waals surface area (Å²) in [7, 11) is 0. The maximum absolute atomic E-state index is 3.76. The topological polar surface area (TPSA) is 12.0 Å². The van der Waals surface area contributed by atoms with Crippen LogP contribution < -0.4 is 5.32 Å². The number of fused-ring (bicyclic) bond motifs is 1. The molecule has 98 valence electrons. The lowest BCUT2D eigenvalue weighted by molar-refractivity contribution is 0.265. The van der Waals surface area contributed by atoms with Gasteiger partial charge in [-0.1, -0.05) is 44.0 Å². The van der Waals surface area contributed by atoms with Crippen LogP contribution in [0.1, 0.15) is 56.1 Å². The van der Waals surface area contributed by atoms with E-state index in [0.717, 1.165) is 5.92 Å². The number of rotatable bonds is 5. The maximum Gasteiger partial charge on any atom is 0.00236 e. The van der Waals surface area contributed by atoms with E-state index < -0.39 is 0 Å². The van der Waals surface area contributed by atoms with Gasteiger partial charge in [-0.15, -0.1) is 0 Å². The molecule has 1 fully saturated rings. The van der Waals surface area contributed by atoms with Crippen molar-refractivity contribution in [1.82, 2.24) is 5.32 Å². The summed E-state index contributed by atoms with van der Waals surface area (Å²) in [5, 5.41) is 3.76. The Labute approximate surface area is 111 Å². The van der Waals surface area contributed by atoms with Gasteiger partial charge in [-0.3, -0.25) is 0 Å². The van der Waals surface area contributed by atoms with Gasteiger partial charge < -0.3 is 5.32 Å². The Morgan fingerprint density at radius 2 is 2.00 bits per heavy atom. The number of nitrogens with one attached hydrogen (secondary N) is 1. The molecule has 0 aromatic heterocycles. The predicted octanol–water partition coefficient (Wildman–Crippen LogP) is 3.89. The summed E-state index contributed by atoms with van der Waals surface area (Å²) in [5.74, 6) is 0.775. The van der Waals surface area contributed by atoms with Crippen LogP contribution in [0, 0.1) is 5.41 Å². The van der Waals surface area contributed by atoms with Crippen LogP contribution in [0.5, 0.6) is 0 Å². The van der Waals surface area contributed by atoms with Gasteiger partial charge in [0, 0.05) is 19.0 Å². The lowest BCUT2D eigenvalue weighted by Gasteiger charge is -2.33. The number of hydrogen-bond donors (Lipinski definition) is 1. The largest absolute Gasteiger partial charge is 0.316 e. The molecule has 18 heavy (non-hydrogen) atoms. The van der Waals surface area contributed by atoms with E-state index in [2.05, 4.69) is 36.5 Å². The van der Waals surface area contributed by atoms with E-state index in [1.165, 1.54) is 51.6 Å². The minimum absolute atomic E-state index is 0.628. The Morgan fingerprint density at radius 3 is 2.72 bits per heavy atom. The highest BCUT2D eigenvalue weighted by Crippen LogP contribution is 2.40. The molecule has 1 heteroatoms. The number of benzene rings is 1. The first-order valence-electron chi connectivity index (χ1n) is 7.61. The van der Waals surface area contributed by atoms with Crippen LogP contribution >= 0.6 is 0 Å². The van der Waals surface area contributed by atoms with Gasteiger partial charge in [0.1, 0.15) is 0 Å². The molecule has 1 N–H and O–H groups in total. The zero-order chi connectivity index (χ0) is 12.4. The van der Waals surface area contributed by atoms with Gasteiger partial charge in [-0.25, -0.2) is 0 Å². The first-order chi connectivity index (χ1) is 8.83. The molecule has 1 aromatic carbocycles. The van der Waals surface area contributed by atoms with Gasteiger partial charge in [0.25, 0.3) is 0 Å². The van der Waals surface area contributed by atoms with Crippen molar-refractivity contribution in [3.05, 3.63) is 35.4 Å². The molecule has 1 unspecified atom stereocenters. The fourth-order valence-electron chi connectivity index (χ4n) is 3.84. The fourth-order valence-corrected chi connectivity index (χ4v) is 3.84. The highest BCUT2D eigenvalue weighted by Gasteiger charge is 2.32. The van der Waals surface area contributed by atoms with E-state index >= 15 is 0 Å². The predicted molar refractivity (Wildman–Crippen MR) is 76.9 cm³/mol. The minimum Gasteiger partial charge on any atom is -0.316 e. The van der Waals surface area contributed by atoms with E-state index in [1.807, 2.05) is 0 Å². The zero-order valence-corrected chi connectivity index (χ0v) is 11.5. The molecular formula is C17H25N. The molecular weight excluding hydrogens is 218 g/mol. The summed E-state index contributed by atoms with van der Waals surface area (Å²) in [4.78, 5) is 0. The van der Waals surface area contributed by atoms with Gasteiger partial charge in [0.2, 0.25) is 0 Å². The van der Waals surface area contributed by atoms with Crippen LogP contribution in [-0.2, 0) is 6.42 Å². The molecule has 0 amide bonds. The highest BCUT2D eigenvalue weighted by molar-refractivity contribution is 5.40. The molecule has 0 bridgehead atoms. The fraction of sp³-hybridized carbons (Fsp3) is 0.647. The van der Waals surface area contributed by atoms with Crippen LogP contribution in [0.4, 0.5) is 0 Å². The van der Waals surface area contributed by atoms with Crippen molar-refractivity contribution < 1.29 is 0 Å². The summed E-state index contributed by atoms with van der Waals surface area (Å²) in [6.07, 6.45) is 8.41. The molecule has 3 rings (SSSR count). The quantitative estimate of drug-likeness (QED) is 0.827. The van der Waals surface area contributed by atoms with E-state index in [4.69, 9.17) is 0 Å². The third-order valence-corrected chi connectivity index (χ3v) is 5.27. The van der Waals surface area contributed by atoms with Crippen molar-refractivity contribution in [3.8, 4) is 0 Å². The average molecular weight is 243 g/mol. The Kier molecular flexibility index (Phi) is 3.43. The highest BCUT2D eigenvalue weighted by atomic mass is 14.9. The monoisotopic (exact) mass is 243 g/mol. The third kappa shape index (κ3) is 2.21. The van der Waals surface area contributed by atoms with Crippen LogP contribution in [0.15, 0.2) is 24.3 Å². The second-order valence-electron chi connectivity index (χ2n) is 6.29. The van der Waals surface area contributed by atoms with Gasteiger partial charge in [-0.2, -0.15) is 0 Å². The van der Waals surface area contributed by atoms with Gasteiger partial charge in [-0.05, 0) is 42.2 Å². The van der Waals surface area contributed by atoms with Crippen LogP contribution in [0.25, 0.3) is 0 Å². The normalized spacial score (nSPS) is 24.6. The first-order valence-corrected chi connectivity index (χ1v) is 7.61. The van der Waals surface area contributed by atoms with E-state index in [9.17, 15) is 0 Å². The van der Waals surface area contributed by atoms with Crippen LogP contribution in [0.3, 0.4) is 0 Å². The molecule has 0 aliphatic heterocycles. The molecule has 1 aromatic rings. The summed E-state index contributed by atoms with van der Waals surface area (Å²) in [6, 6.07) is 8.91. The molecule has 0 heterocycles. The van der Waals surface area contributed by atoms with E-state index in [-0.39, 0.29) is 0 Å². The Bertz CT molecular complexity index is 404. The molecule has 0 radical (unpaired) electrons. The van der Waals surface area contributed by atoms with Crippen LogP contribution in [-0.4, -0.2) is 13.1 Å². The van der Waals surface area contributed by atoms with Gasteiger partial charge >= 0.3 is 0 Å². The second kappa shape index (κ2) is 5.05. The van der Waals surface area contributed by atoms with E-state index in [1.54, 1.807) is 11.1 Å². The molecule has 1 nitrogen and oxygen atoms in total. The minimum atomic E-state index is 0.628. The lowest BCUT2D eigenvalue weighted by atomic mass is 9.77. The van der Waals surface area contributed by atoms with Gasteiger partial charge in [0.05, 0.1) is 0 Å². The molecule has 2 aliphatic carbocycles. The standard InChI is InChI=1S/C17H25N/c1-2-17(9-5-6-10-17)13-18-12-15-11-14-7-3-4-8-16(14)15/h3-4,7-8,15,18H,2,5-6,9-13H2,1H3. The Balaban J connectivity index is 1.49. The van der Waals surface area contributed by atoms with Crippen molar-refractivity contribution in [2.24, 2.45) is 5.41 Å². The number of hydrogen-bond acceptors (Lipinski definition) is 1. The second-order valence-corrected chi connectivity index (χ2v) is 6.29. The molecule has 0 spiro atoms. The lowest BCUT2D eigenvalue weighted by Crippen LogP contribution is -2.36. The SMILES string of the molecule is CCC1(CNCC2Cc3ccccc32)CCCC1. The first kappa shape index (κ1) is 12.2. The Morgan fingerprint density at radius 1 is 1.22 bits per heavy atom. The molecule has 0 saturated heterocycles. The summed E-state index contributed by atoms with van der Waals surface area (Å²) >= 11 is 0. The van der Waals surface area contributed by atoms with Crippen molar-refractivity contribution >= 4 is 0 Å².